The number of hydrogen-bond donors (Lipinski definition) is 1. The molecule has 0 amide bonds. The SMILES string of the molecule is CCNC(=NCCn1cnnc1CC)N1CCN(C(CC)c2ccc(F)cc2F)CC1. The maximum absolute atomic E-state index is 14.3. The van der Waals surface area contributed by atoms with Gasteiger partial charge in [-0.3, -0.25) is 9.89 Å². The standard InChI is InChI=1S/C22H33F2N7/c1-4-20(18-8-7-17(23)15-19(18)24)29-11-13-30(14-12-29)22(25-6-3)26-9-10-31-16-27-28-21(31)5-2/h7-8,15-16,20H,4-6,9-14H2,1-3H3,(H,25,26). The molecular weight excluding hydrogens is 400 g/mol. The van der Waals surface area contributed by atoms with Crippen LogP contribution >= 0.6 is 0 Å². The molecule has 2 aromatic rings. The van der Waals surface area contributed by atoms with Gasteiger partial charge in [0.1, 0.15) is 23.8 Å². The maximum atomic E-state index is 14.3. The summed E-state index contributed by atoms with van der Waals surface area (Å²) in [5.41, 5.74) is 0.568. The second kappa shape index (κ2) is 11.2. The predicted molar refractivity (Wildman–Crippen MR) is 118 cm³/mol. The average Bonchev–Trinajstić information content (AvgIpc) is 3.23. The third-order valence-electron chi connectivity index (χ3n) is 5.71. The highest BCUT2D eigenvalue weighted by Crippen LogP contribution is 2.28. The number of aliphatic imine (C=N–C) groups is 1. The van der Waals surface area contributed by atoms with Crippen LogP contribution in [-0.2, 0) is 13.0 Å². The largest absolute Gasteiger partial charge is 0.357 e. The zero-order valence-electron chi connectivity index (χ0n) is 18.7. The first kappa shape index (κ1) is 23.1. The van der Waals surface area contributed by atoms with E-state index in [0.29, 0.717) is 12.1 Å². The van der Waals surface area contributed by atoms with Crippen molar-refractivity contribution in [3.63, 3.8) is 0 Å². The number of piperazine rings is 1. The van der Waals surface area contributed by atoms with Gasteiger partial charge >= 0.3 is 0 Å². The van der Waals surface area contributed by atoms with Crippen molar-refractivity contribution in [1.82, 2.24) is 29.9 Å². The lowest BCUT2D eigenvalue weighted by molar-refractivity contribution is 0.124. The first-order chi connectivity index (χ1) is 15.1. The van der Waals surface area contributed by atoms with Crippen LogP contribution in [0.4, 0.5) is 8.78 Å². The number of halogens is 2. The van der Waals surface area contributed by atoms with E-state index < -0.39 is 11.6 Å². The Kier molecular flexibility index (Phi) is 8.34. The number of rotatable bonds is 8. The van der Waals surface area contributed by atoms with Crippen LogP contribution in [0, 0.1) is 11.6 Å². The molecule has 3 rings (SSSR count). The number of nitrogens with one attached hydrogen (secondary N) is 1. The molecule has 1 aliphatic rings. The van der Waals surface area contributed by atoms with E-state index in [1.807, 2.05) is 11.5 Å². The molecule has 1 aromatic carbocycles. The molecule has 0 spiro atoms. The molecule has 31 heavy (non-hydrogen) atoms. The van der Waals surface area contributed by atoms with E-state index >= 15 is 0 Å². The van der Waals surface area contributed by atoms with E-state index in [4.69, 9.17) is 4.99 Å². The van der Waals surface area contributed by atoms with E-state index in [1.54, 1.807) is 12.4 Å². The third kappa shape index (κ3) is 5.78. The van der Waals surface area contributed by atoms with Crippen molar-refractivity contribution in [2.75, 3.05) is 39.3 Å². The Balaban J connectivity index is 1.61. The third-order valence-corrected chi connectivity index (χ3v) is 5.71. The lowest BCUT2D eigenvalue weighted by Crippen LogP contribution is -2.53. The highest BCUT2D eigenvalue weighted by Gasteiger charge is 2.27. The van der Waals surface area contributed by atoms with Crippen molar-refractivity contribution >= 4 is 5.96 Å². The van der Waals surface area contributed by atoms with E-state index in [9.17, 15) is 8.78 Å². The van der Waals surface area contributed by atoms with E-state index in [2.05, 4.69) is 39.2 Å². The average molecular weight is 434 g/mol. The highest BCUT2D eigenvalue weighted by molar-refractivity contribution is 5.80. The van der Waals surface area contributed by atoms with Gasteiger partial charge in [0, 0.05) is 63.4 Å². The number of hydrogen-bond acceptors (Lipinski definition) is 4. The van der Waals surface area contributed by atoms with Crippen molar-refractivity contribution in [3.8, 4) is 0 Å². The smallest absolute Gasteiger partial charge is 0.194 e. The van der Waals surface area contributed by atoms with Gasteiger partial charge in [0.2, 0.25) is 0 Å². The summed E-state index contributed by atoms with van der Waals surface area (Å²) < 4.78 is 29.7. The first-order valence-electron chi connectivity index (χ1n) is 11.2. The summed E-state index contributed by atoms with van der Waals surface area (Å²) in [5.74, 6) is 0.858. The molecule has 1 N–H and O–H groups in total. The molecule has 0 saturated carbocycles. The van der Waals surface area contributed by atoms with Crippen molar-refractivity contribution in [2.24, 2.45) is 4.99 Å². The van der Waals surface area contributed by atoms with Gasteiger partial charge in [-0.15, -0.1) is 10.2 Å². The normalized spacial score (nSPS) is 16.5. The Morgan fingerprint density at radius 3 is 2.58 bits per heavy atom. The van der Waals surface area contributed by atoms with Gasteiger partial charge in [0.05, 0.1) is 6.54 Å². The van der Waals surface area contributed by atoms with Crippen molar-refractivity contribution in [2.45, 2.75) is 46.2 Å². The van der Waals surface area contributed by atoms with Gasteiger partial charge in [-0.1, -0.05) is 19.9 Å². The molecule has 1 fully saturated rings. The minimum absolute atomic E-state index is 0.0523. The summed E-state index contributed by atoms with van der Waals surface area (Å²) in [7, 11) is 0. The number of benzene rings is 1. The monoisotopic (exact) mass is 433 g/mol. The van der Waals surface area contributed by atoms with Crippen molar-refractivity contribution in [1.29, 1.82) is 0 Å². The summed E-state index contributed by atoms with van der Waals surface area (Å²) in [6.07, 6.45) is 3.37. The van der Waals surface area contributed by atoms with Crippen molar-refractivity contribution < 1.29 is 8.78 Å². The van der Waals surface area contributed by atoms with Crippen LogP contribution in [0.5, 0.6) is 0 Å². The van der Waals surface area contributed by atoms with Crippen LogP contribution in [0.25, 0.3) is 0 Å². The van der Waals surface area contributed by atoms with Gasteiger partial charge < -0.3 is 14.8 Å². The van der Waals surface area contributed by atoms with Gasteiger partial charge in [0.15, 0.2) is 5.96 Å². The fraction of sp³-hybridized carbons (Fsp3) is 0.591. The molecular formula is C22H33F2N7. The number of aromatic nitrogens is 3. The van der Waals surface area contributed by atoms with Gasteiger partial charge in [0.25, 0.3) is 0 Å². The summed E-state index contributed by atoms with van der Waals surface area (Å²) in [4.78, 5) is 9.32. The number of aryl methyl sites for hydroxylation is 1. The molecule has 1 saturated heterocycles. The highest BCUT2D eigenvalue weighted by atomic mass is 19.1. The second-order valence-corrected chi connectivity index (χ2v) is 7.64. The first-order valence-corrected chi connectivity index (χ1v) is 11.2. The fourth-order valence-electron chi connectivity index (χ4n) is 4.12. The van der Waals surface area contributed by atoms with Crippen LogP contribution in [0.1, 0.15) is 44.6 Å². The molecule has 7 nitrogen and oxygen atoms in total. The second-order valence-electron chi connectivity index (χ2n) is 7.64. The lowest BCUT2D eigenvalue weighted by atomic mass is 10.0. The maximum Gasteiger partial charge on any atom is 0.194 e. The van der Waals surface area contributed by atoms with Gasteiger partial charge in [-0.2, -0.15) is 0 Å². The Bertz CT molecular complexity index is 859. The Morgan fingerprint density at radius 1 is 1.16 bits per heavy atom. The molecule has 170 valence electrons. The summed E-state index contributed by atoms with van der Waals surface area (Å²) in [5, 5.41) is 11.5. The molecule has 1 aromatic heterocycles. The quantitative estimate of drug-likeness (QED) is 0.512. The zero-order chi connectivity index (χ0) is 22.2. The summed E-state index contributed by atoms with van der Waals surface area (Å²) in [6, 6.07) is 3.84. The van der Waals surface area contributed by atoms with E-state index in [1.165, 1.54) is 6.07 Å². The number of guanidine groups is 1. The molecule has 1 aliphatic heterocycles. The molecule has 0 radical (unpaired) electrons. The van der Waals surface area contributed by atoms with Crippen LogP contribution in [0.15, 0.2) is 29.5 Å². The lowest BCUT2D eigenvalue weighted by Gasteiger charge is -2.40. The molecule has 9 heteroatoms. The molecule has 0 aliphatic carbocycles. The van der Waals surface area contributed by atoms with Gasteiger partial charge in [-0.05, 0) is 19.4 Å². The van der Waals surface area contributed by atoms with E-state index in [-0.39, 0.29) is 6.04 Å². The Hall–Kier alpha value is -2.55. The Morgan fingerprint density at radius 2 is 1.94 bits per heavy atom. The van der Waals surface area contributed by atoms with Gasteiger partial charge in [-0.25, -0.2) is 8.78 Å². The summed E-state index contributed by atoms with van der Waals surface area (Å²) in [6.45, 7) is 11.6. The fourth-order valence-corrected chi connectivity index (χ4v) is 4.12. The molecule has 1 unspecified atom stereocenters. The van der Waals surface area contributed by atoms with Crippen LogP contribution in [0.2, 0.25) is 0 Å². The number of nitrogens with zero attached hydrogens (tertiary/aromatic N) is 6. The molecule has 0 bridgehead atoms. The molecule has 2 heterocycles. The van der Waals surface area contributed by atoms with E-state index in [0.717, 1.165) is 70.0 Å². The summed E-state index contributed by atoms with van der Waals surface area (Å²) >= 11 is 0. The topological polar surface area (TPSA) is 61.6 Å². The molecule has 1 atom stereocenters. The van der Waals surface area contributed by atoms with Crippen molar-refractivity contribution in [3.05, 3.63) is 47.5 Å². The van der Waals surface area contributed by atoms with Crippen LogP contribution < -0.4 is 5.32 Å². The Labute approximate surface area is 183 Å². The predicted octanol–water partition coefficient (Wildman–Crippen LogP) is 2.85. The zero-order valence-corrected chi connectivity index (χ0v) is 18.7. The minimum Gasteiger partial charge on any atom is -0.357 e. The van der Waals surface area contributed by atoms with Crippen LogP contribution in [-0.4, -0.2) is 69.8 Å². The van der Waals surface area contributed by atoms with Crippen LogP contribution in [0.3, 0.4) is 0 Å². The minimum atomic E-state index is -0.537.